The number of hydrogen-bond donors (Lipinski definition) is 2. The van der Waals surface area contributed by atoms with Crippen LogP contribution in [-0.2, 0) is 14.8 Å². The average Bonchev–Trinajstić information content (AvgIpc) is 2.57. The van der Waals surface area contributed by atoms with Gasteiger partial charge in [-0.25, -0.2) is 8.42 Å². The number of carbonyl (C=O) groups is 1. The van der Waals surface area contributed by atoms with Crippen molar-refractivity contribution in [3.63, 3.8) is 0 Å². The Morgan fingerprint density at radius 1 is 1.04 bits per heavy atom. The van der Waals surface area contributed by atoms with Crippen molar-refractivity contribution in [3.8, 4) is 0 Å². The fraction of sp³-hybridized carbons (Fsp3) is 0.316. The van der Waals surface area contributed by atoms with E-state index < -0.39 is 10.0 Å². The van der Waals surface area contributed by atoms with E-state index in [9.17, 15) is 13.2 Å². The van der Waals surface area contributed by atoms with Crippen LogP contribution in [0.15, 0.2) is 47.4 Å². The first-order valence-corrected chi connectivity index (χ1v) is 9.78. The predicted octanol–water partition coefficient (Wildman–Crippen LogP) is 2.87. The lowest BCUT2D eigenvalue weighted by Gasteiger charge is -2.10. The third-order valence-electron chi connectivity index (χ3n) is 3.71. The van der Waals surface area contributed by atoms with Gasteiger partial charge in [0.05, 0.1) is 4.90 Å². The standard InChI is InChI=1S/C19H24N2O4S/c1-14-11-15(2)13-17(12-14)21-26(23,24)18-7-5-16(6-8-18)19(22)20-9-4-10-25-3/h5-8,11-13,21H,4,9-10H2,1-3H3,(H,20,22). The van der Waals surface area contributed by atoms with E-state index in [1.807, 2.05) is 19.9 Å². The SMILES string of the molecule is COCCCNC(=O)c1ccc(S(=O)(=O)Nc2cc(C)cc(C)c2)cc1. The molecule has 140 valence electrons. The summed E-state index contributed by atoms with van der Waals surface area (Å²) in [5.41, 5.74) is 2.88. The van der Waals surface area contributed by atoms with Crippen LogP contribution in [0, 0.1) is 13.8 Å². The van der Waals surface area contributed by atoms with Crippen molar-refractivity contribution < 1.29 is 17.9 Å². The first kappa shape index (κ1) is 19.9. The molecule has 2 aromatic carbocycles. The Morgan fingerprint density at radius 2 is 1.65 bits per heavy atom. The van der Waals surface area contributed by atoms with Gasteiger partial charge >= 0.3 is 0 Å². The van der Waals surface area contributed by atoms with Gasteiger partial charge in [-0.15, -0.1) is 0 Å². The van der Waals surface area contributed by atoms with Crippen LogP contribution >= 0.6 is 0 Å². The van der Waals surface area contributed by atoms with Gasteiger partial charge < -0.3 is 10.1 Å². The second kappa shape index (κ2) is 8.82. The molecule has 0 unspecified atom stereocenters. The highest BCUT2D eigenvalue weighted by Crippen LogP contribution is 2.19. The zero-order valence-electron chi connectivity index (χ0n) is 15.2. The molecule has 0 aliphatic heterocycles. The van der Waals surface area contributed by atoms with Gasteiger partial charge in [0, 0.05) is 31.5 Å². The largest absolute Gasteiger partial charge is 0.385 e. The number of benzene rings is 2. The molecule has 7 heteroatoms. The predicted molar refractivity (Wildman–Crippen MR) is 102 cm³/mol. The van der Waals surface area contributed by atoms with E-state index in [-0.39, 0.29) is 10.8 Å². The fourth-order valence-electron chi connectivity index (χ4n) is 2.55. The van der Waals surface area contributed by atoms with Gasteiger partial charge in [0.1, 0.15) is 0 Å². The molecule has 0 fully saturated rings. The molecule has 0 aliphatic carbocycles. The number of anilines is 1. The molecule has 2 rings (SSSR count). The molecule has 0 radical (unpaired) electrons. The van der Waals surface area contributed by atoms with E-state index in [0.717, 1.165) is 11.1 Å². The Kier molecular flexibility index (Phi) is 6.76. The first-order chi connectivity index (χ1) is 12.3. The summed E-state index contributed by atoms with van der Waals surface area (Å²) in [6.45, 7) is 4.89. The fourth-order valence-corrected chi connectivity index (χ4v) is 3.59. The average molecular weight is 376 g/mol. The van der Waals surface area contributed by atoms with Crippen LogP contribution in [-0.4, -0.2) is 34.6 Å². The number of nitrogens with one attached hydrogen (secondary N) is 2. The van der Waals surface area contributed by atoms with Crippen LogP contribution in [0.4, 0.5) is 5.69 Å². The summed E-state index contributed by atoms with van der Waals surface area (Å²) in [6, 6.07) is 11.4. The van der Waals surface area contributed by atoms with Gasteiger partial charge in [-0.3, -0.25) is 9.52 Å². The minimum atomic E-state index is -3.71. The Morgan fingerprint density at radius 3 is 2.23 bits per heavy atom. The van der Waals surface area contributed by atoms with Crippen LogP contribution in [0.25, 0.3) is 0 Å². The second-order valence-electron chi connectivity index (χ2n) is 6.11. The summed E-state index contributed by atoms with van der Waals surface area (Å²) in [7, 11) is -2.11. The lowest BCUT2D eigenvalue weighted by Crippen LogP contribution is -2.25. The van der Waals surface area contributed by atoms with E-state index in [4.69, 9.17) is 4.74 Å². The maximum absolute atomic E-state index is 12.5. The monoisotopic (exact) mass is 376 g/mol. The molecule has 2 N–H and O–H groups in total. The van der Waals surface area contributed by atoms with Crippen LogP contribution in [0.1, 0.15) is 27.9 Å². The molecule has 0 saturated carbocycles. The lowest BCUT2D eigenvalue weighted by molar-refractivity contribution is 0.0948. The van der Waals surface area contributed by atoms with Crippen molar-refractivity contribution in [1.82, 2.24) is 5.32 Å². The number of rotatable bonds is 8. The lowest BCUT2D eigenvalue weighted by atomic mass is 10.1. The smallest absolute Gasteiger partial charge is 0.261 e. The van der Waals surface area contributed by atoms with Crippen molar-refractivity contribution >= 4 is 21.6 Å². The van der Waals surface area contributed by atoms with Crippen LogP contribution in [0.3, 0.4) is 0 Å². The first-order valence-electron chi connectivity index (χ1n) is 8.30. The van der Waals surface area contributed by atoms with Crippen LogP contribution < -0.4 is 10.0 Å². The molecule has 0 spiro atoms. The Labute approximate surface area is 154 Å². The van der Waals surface area contributed by atoms with Gasteiger partial charge in [0.15, 0.2) is 0 Å². The number of methoxy groups -OCH3 is 1. The Balaban J connectivity index is 2.07. The molecular formula is C19H24N2O4S. The Bertz CT molecular complexity index is 841. The van der Waals surface area contributed by atoms with Crippen molar-refractivity contribution in [2.45, 2.75) is 25.2 Å². The number of hydrogen-bond acceptors (Lipinski definition) is 4. The van der Waals surface area contributed by atoms with Crippen molar-refractivity contribution in [2.75, 3.05) is 25.0 Å². The van der Waals surface area contributed by atoms with Gasteiger partial charge in [-0.05, 0) is 67.8 Å². The van der Waals surface area contributed by atoms with Crippen LogP contribution in [0.5, 0.6) is 0 Å². The molecule has 2 aromatic rings. The Hall–Kier alpha value is -2.38. The van der Waals surface area contributed by atoms with Gasteiger partial charge in [-0.1, -0.05) is 6.07 Å². The van der Waals surface area contributed by atoms with E-state index in [0.29, 0.717) is 30.8 Å². The molecule has 0 bridgehead atoms. The topological polar surface area (TPSA) is 84.5 Å². The minimum Gasteiger partial charge on any atom is -0.385 e. The third kappa shape index (κ3) is 5.57. The van der Waals surface area contributed by atoms with Crippen LogP contribution in [0.2, 0.25) is 0 Å². The van der Waals surface area contributed by atoms with E-state index in [1.54, 1.807) is 19.2 Å². The number of aryl methyl sites for hydroxylation is 2. The second-order valence-corrected chi connectivity index (χ2v) is 7.79. The number of sulfonamides is 1. The van der Waals surface area contributed by atoms with Crippen molar-refractivity contribution in [2.24, 2.45) is 0 Å². The van der Waals surface area contributed by atoms with E-state index in [1.165, 1.54) is 24.3 Å². The van der Waals surface area contributed by atoms with E-state index >= 15 is 0 Å². The molecule has 0 saturated heterocycles. The molecule has 6 nitrogen and oxygen atoms in total. The summed E-state index contributed by atoms with van der Waals surface area (Å²) >= 11 is 0. The molecule has 0 aromatic heterocycles. The quantitative estimate of drug-likeness (QED) is 0.694. The minimum absolute atomic E-state index is 0.104. The molecule has 0 aliphatic rings. The highest BCUT2D eigenvalue weighted by atomic mass is 32.2. The summed E-state index contributed by atoms with van der Waals surface area (Å²) in [4.78, 5) is 12.1. The zero-order chi connectivity index (χ0) is 19.2. The normalized spacial score (nSPS) is 11.2. The molecule has 0 heterocycles. The maximum atomic E-state index is 12.5. The maximum Gasteiger partial charge on any atom is 0.261 e. The molecule has 26 heavy (non-hydrogen) atoms. The molecule has 1 amide bonds. The third-order valence-corrected chi connectivity index (χ3v) is 5.11. The summed E-state index contributed by atoms with van der Waals surface area (Å²) in [5.74, 6) is -0.243. The van der Waals surface area contributed by atoms with Gasteiger partial charge in [0.25, 0.3) is 15.9 Å². The molecular weight excluding hydrogens is 352 g/mol. The summed E-state index contributed by atoms with van der Waals surface area (Å²) < 4.78 is 32.5. The van der Waals surface area contributed by atoms with Crippen molar-refractivity contribution in [3.05, 3.63) is 59.2 Å². The zero-order valence-corrected chi connectivity index (χ0v) is 16.0. The molecule has 0 atom stereocenters. The number of ether oxygens (including phenoxy) is 1. The summed E-state index contributed by atoms with van der Waals surface area (Å²) in [5, 5.41) is 2.76. The van der Waals surface area contributed by atoms with Gasteiger partial charge in [-0.2, -0.15) is 0 Å². The highest BCUT2D eigenvalue weighted by Gasteiger charge is 2.15. The number of carbonyl (C=O) groups excluding carboxylic acids is 1. The van der Waals surface area contributed by atoms with E-state index in [2.05, 4.69) is 10.0 Å². The van der Waals surface area contributed by atoms with Crippen molar-refractivity contribution in [1.29, 1.82) is 0 Å². The highest BCUT2D eigenvalue weighted by molar-refractivity contribution is 7.92. The number of amides is 1. The summed E-state index contributed by atoms with van der Waals surface area (Å²) in [6.07, 6.45) is 0.717. The van der Waals surface area contributed by atoms with Gasteiger partial charge in [0.2, 0.25) is 0 Å².